The topological polar surface area (TPSA) is 74.3 Å². The van der Waals surface area contributed by atoms with Gasteiger partial charge in [-0.1, -0.05) is 23.2 Å². The summed E-state index contributed by atoms with van der Waals surface area (Å²) in [6, 6.07) is 5.82. The van der Waals surface area contributed by atoms with E-state index in [0.29, 0.717) is 10.7 Å². The summed E-state index contributed by atoms with van der Waals surface area (Å²) in [5.74, 6) is -1.01. The third-order valence-electron chi connectivity index (χ3n) is 3.40. The van der Waals surface area contributed by atoms with E-state index in [1.165, 1.54) is 36.5 Å². The molecule has 24 heavy (non-hydrogen) atoms. The van der Waals surface area contributed by atoms with Crippen molar-refractivity contribution in [1.29, 1.82) is 0 Å². The molecule has 0 aliphatic carbocycles. The number of imide groups is 1. The van der Waals surface area contributed by atoms with Gasteiger partial charge in [-0.3, -0.25) is 9.59 Å². The van der Waals surface area contributed by atoms with Gasteiger partial charge in [0.05, 0.1) is 22.2 Å². The Labute approximate surface area is 146 Å². The number of halogens is 3. The van der Waals surface area contributed by atoms with Crippen LogP contribution in [0.1, 0.15) is 6.42 Å². The van der Waals surface area contributed by atoms with E-state index in [-0.39, 0.29) is 23.2 Å². The molecule has 6 nitrogen and oxygen atoms in total. The lowest BCUT2D eigenvalue weighted by Gasteiger charge is -2.16. The lowest BCUT2D eigenvalue weighted by molar-refractivity contribution is -0.121. The standard InChI is InChI=1S/C15H11Cl2FN4O2/c16-8-5-11(17)14(19-7-8)21-20-12-6-13(23)22(15(12)24)10-3-1-9(18)2-4-10/h1-5,7,12,20H,6H2,(H,19,21). The van der Waals surface area contributed by atoms with Crippen LogP contribution in [0.3, 0.4) is 0 Å². The molecule has 1 atom stereocenters. The molecule has 1 aliphatic heterocycles. The number of carbonyl (C=O) groups excluding carboxylic acids is 2. The number of anilines is 2. The van der Waals surface area contributed by atoms with Crippen LogP contribution in [0.4, 0.5) is 15.9 Å². The molecule has 2 aromatic rings. The molecule has 1 unspecified atom stereocenters. The van der Waals surface area contributed by atoms with Gasteiger partial charge in [-0.05, 0) is 30.3 Å². The maximum Gasteiger partial charge on any atom is 0.253 e. The lowest BCUT2D eigenvalue weighted by atomic mass is 10.2. The Morgan fingerprint density at radius 3 is 2.58 bits per heavy atom. The Bertz CT molecular complexity index is 801. The highest BCUT2D eigenvalue weighted by Crippen LogP contribution is 2.24. The SMILES string of the molecule is O=C1CC(NNc2ncc(Cl)cc2Cl)C(=O)N1c1ccc(F)cc1. The van der Waals surface area contributed by atoms with Crippen molar-refractivity contribution in [3.8, 4) is 0 Å². The molecule has 2 heterocycles. The molecule has 3 rings (SSSR count). The van der Waals surface area contributed by atoms with Crippen LogP contribution in [0, 0.1) is 5.82 Å². The van der Waals surface area contributed by atoms with Gasteiger partial charge in [-0.15, -0.1) is 0 Å². The molecular weight excluding hydrogens is 358 g/mol. The van der Waals surface area contributed by atoms with Crippen molar-refractivity contribution in [2.75, 3.05) is 10.3 Å². The summed E-state index contributed by atoms with van der Waals surface area (Å²) < 4.78 is 13.0. The number of nitrogens with zero attached hydrogens (tertiary/aromatic N) is 2. The second-order valence-corrected chi connectivity index (χ2v) is 5.90. The number of rotatable bonds is 4. The first-order chi connectivity index (χ1) is 11.5. The van der Waals surface area contributed by atoms with E-state index in [2.05, 4.69) is 15.8 Å². The van der Waals surface area contributed by atoms with Crippen molar-refractivity contribution in [1.82, 2.24) is 10.4 Å². The Balaban J connectivity index is 1.71. The first kappa shape index (κ1) is 16.6. The number of amides is 2. The quantitative estimate of drug-likeness (QED) is 0.641. The minimum Gasteiger partial charge on any atom is -0.304 e. The highest BCUT2D eigenvalue weighted by atomic mass is 35.5. The van der Waals surface area contributed by atoms with E-state index in [1.807, 2.05) is 0 Å². The zero-order valence-electron chi connectivity index (χ0n) is 12.1. The van der Waals surface area contributed by atoms with Crippen molar-refractivity contribution in [2.45, 2.75) is 12.5 Å². The molecule has 1 aromatic heterocycles. The summed E-state index contributed by atoms with van der Waals surface area (Å²) in [5, 5.41) is 0.641. The average Bonchev–Trinajstić information content (AvgIpc) is 2.82. The van der Waals surface area contributed by atoms with Gasteiger partial charge >= 0.3 is 0 Å². The summed E-state index contributed by atoms with van der Waals surface area (Å²) >= 11 is 11.7. The number of hydrazine groups is 1. The molecule has 9 heteroatoms. The smallest absolute Gasteiger partial charge is 0.253 e. The lowest BCUT2D eigenvalue weighted by Crippen LogP contribution is -2.41. The molecular formula is C15H11Cl2FN4O2. The van der Waals surface area contributed by atoms with Gasteiger partial charge in [0.2, 0.25) is 5.91 Å². The summed E-state index contributed by atoms with van der Waals surface area (Å²) in [5.41, 5.74) is 5.74. The number of nitrogens with one attached hydrogen (secondary N) is 2. The number of hydrogen-bond acceptors (Lipinski definition) is 5. The second-order valence-electron chi connectivity index (χ2n) is 5.05. The van der Waals surface area contributed by atoms with Crippen molar-refractivity contribution in [2.24, 2.45) is 0 Å². The van der Waals surface area contributed by atoms with E-state index in [1.54, 1.807) is 0 Å². The van der Waals surface area contributed by atoms with Gasteiger partial charge in [-0.25, -0.2) is 19.7 Å². The fourth-order valence-electron chi connectivity index (χ4n) is 2.27. The molecule has 1 fully saturated rings. The number of carbonyl (C=O) groups is 2. The van der Waals surface area contributed by atoms with Crippen LogP contribution < -0.4 is 15.8 Å². The predicted octanol–water partition coefficient (Wildman–Crippen LogP) is 2.78. The largest absolute Gasteiger partial charge is 0.304 e. The molecule has 1 aromatic carbocycles. The van der Waals surface area contributed by atoms with Crippen LogP contribution in [-0.4, -0.2) is 22.8 Å². The van der Waals surface area contributed by atoms with E-state index in [9.17, 15) is 14.0 Å². The van der Waals surface area contributed by atoms with E-state index < -0.39 is 17.8 Å². The summed E-state index contributed by atoms with van der Waals surface area (Å²) in [6.45, 7) is 0. The van der Waals surface area contributed by atoms with Crippen molar-refractivity contribution in [3.05, 3.63) is 52.4 Å². The molecule has 2 amide bonds. The molecule has 0 radical (unpaired) electrons. The molecule has 124 valence electrons. The van der Waals surface area contributed by atoms with Gasteiger partial charge in [0.1, 0.15) is 11.9 Å². The fraction of sp³-hybridized carbons (Fsp3) is 0.133. The van der Waals surface area contributed by atoms with E-state index in [0.717, 1.165) is 4.90 Å². The summed E-state index contributed by atoms with van der Waals surface area (Å²) in [7, 11) is 0. The Kier molecular flexibility index (Phi) is 4.66. The normalized spacial score (nSPS) is 17.5. The van der Waals surface area contributed by atoms with Crippen LogP contribution >= 0.6 is 23.2 Å². The Hall–Kier alpha value is -2.22. The van der Waals surface area contributed by atoms with Gasteiger partial charge in [0, 0.05) is 6.20 Å². The van der Waals surface area contributed by atoms with Gasteiger partial charge in [0.25, 0.3) is 5.91 Å². The molecule has 2 N–H and O–H groups in total. The zero-order valence-corrected chi connectivity index (χ0v) is 13.6. The van der Waals surface area contributed by atoms with Crippen molar-refractivity contribution in [3.63, 3.8) is 0 Å². The van der Waals surface area contributed by atoms with Gasteiger partial charge in [0.15, 0.2) is 5.82 Å². The van der Waals surface area contributed by atoms with Crippen LogP contribution in [-0.2, 0) is 9.59 Å². The van der Waals surface area contributed by atoms with Gasteiger partial charge in [-0.2, -0.15) is 0 Å². The van der Waals surface area contributed by atoms with Crippen molar-refractivity contribution < 1.29 is 14.0 Å². The van der Waals surface area contributed by atoms with Crippen LogP contribution in [0.5, 0.6) is 0 Å². The van der Waals surface area contributed by atoms with Crippen LogP contribution in [0.2, 0.25) is 10.0 Å². The van der Waals surface area contributed by atoms with Gasteiger partial charge < -0.3 is 5.43 Å². The molecule has 1 aliphatic rings. The highest BCUT2D eigenvalue weighted by Gasteiger charge is 2.39. The van der Waals surface area contributed by atoms with Crippen LogP contribution in [0.15, 0.2) is 36.5 Å². The third-order valence-corrected chi connectivity index (χ3v) is 3.90. The number of aromatic nitrogens is 1. The molecule has 1 saturated heterocycles. The summed E-state index contributed by atoms with van der Waals surface area (Å²) in [4.78, 5) is 29.5. The second kappa shape index (κ2) is 6.72. The zero-order chi connectivity index (χ0) is 17.3. The minimum absolute atomic E-state index is 0.0472. The molecule has 0 bridgehead atoms. The molecule has 0 saturated carbocycles. The van der Waals surface area contributed by atoms with Crippen LogP contribution in [0.25, 0.3) is 0 Å². The van der Waals surface area contributed by atoms with Crippen molar-refractivity contribution >= 4 is 46.5 Å². The maximum atomic E-state index is 13.0. The monoisotopic (exact) mass is 368 g/mol. The summed E-state index contributed by atoms with van der Waals surface area (Å²) in [6.07, 6.45) is 1.35. The van der Waals surface area contributed by atoms with E-state index >= 15 is 0 Å². The maximum absolute atomic E-state index is 13.0. The molecule has 0 spiro atoms. The minimum atomic E-state index is -0.795. The Morgan fingerprint density at radius 1 is 1.21 bits per heavy atom. The fourth-order valence-corrected chi connectivity index (χ4v) is 2.70. The predicted molar refractivity (Wildman–Crippen MR) is 88.3 cm³/mol. The third kappa shape index (κ3) is 3.33. The Morgan fingerprint density at radius 2 is 1.92 bits per heavy atom. The number of hydrogen-bond donors (Lipinski definition) is 2. The number of pyridine rings is 1. The average molecular weight is 369 g/mol. The number of benzene rings is 1. The highest BCUT2D eigenvalue weighted by molar-refractivity contribution is 6.36. The first-order valence-corrected chi connectivity index (χ1v) is 7.66. The first-order valence-electron chi connectivity index (χ1n) is 6.90. The van der Waals surface area contributed by atoms with E-state index in [4.69, 9.17) is 23.2 Å².